The maximum Gasteiger partial charge on any atom is 0.354 e. The number of benzene rings is 1. The van der Waals surface area contributed by atoms with Gasteiger partial charge in [-0.25, -0.2) is 4.79 Å². The first-order valence-electron chi connectivity index (χ1n) is 6.80. The molecule has 0 unspecified atom stereocenters. The van der Waals surface area contributed by atoms with Crippen LogP contribution in [0.4, 0.5) is 0 Å². The largest absolute Gasteiger partial charge is 0.461 e. The maximum absolute atomic E-state index is 12.0. The van der Waals surface area contributed by atoms with E-state index in [4.69, 9.17) is 10.00 Å². The van der Waals surface area contributed by atoms with Gasteiger partial charge in [0, 0.05) is 13.1 Å². The SMILES string of the molecule is CCOC(=O)C(=Cc1ccc(C#N)cc1)N(CC)CC. The molecule has 0 aliphatic carbocycles. The van der Waals surface area contributed by atoms with E-state index in [9.17, 15) is 4.79 Å². The minimum atomic E-state index is -0.319. The Morgan fingerprint density at radius 3 is 2.30 bits per heavy atom. The van der Waals surface area contributed by atoms with Gasteiger partial charge in [0.15, 0.2) is 0 Å². The number of likely N-dealkylation sites (N-methyl/N-ethyl adjacent to an activating group) is 1. The number of hydrogen-bond acceptors (Lipinski definition) is 4. The second-order valence-corrected chi connectivity index (χ2v) is 4.16. The third-order valence-electron chi connectivity index (χ3n) is 2.93. The Balaban J connectivity index is 3.10. The number of esters is 1. The van der Waals surface area contributed by atoms with Crippen LogP contribution in [0.2, 0.25) is 0 Å². The molecular formula is C16H20N2O2. The van der Waals surface area contributed by atoms with E-state index in [-0.39, 0.29) is 5.97 Å². The minimum absolute atomic E-state index is 0.319. The van der Waals surface area contributed by atoms with Crippen molar-refractivity contribution >= 4 is 12.0 Å². The van der Waals surface area contributed by atoms with Gasteiger partial charge in [0.25, 0.3) is 0 Å². The molecule has 0 aliphatic rings. The molecule has 0 aromatic heterocycles. The van der Waals surface area contributed by atoms with Crippen LogP contribution in [-0.4, -0.2) is 30.6 Å². The van der Waals surface area contributed by atoms with Crippen molar-refractivity contribution in [2.75, 3.05) is 19.7 Å². The molecule has 0 bridgehead atoms. The molecule has 1 aromatic carbocycles. The molecule has 0 radical (unpaired) electrons. The third-order valence-corrected chi connectivity index (χ3v) is 2.93. The van der Waals surface area contributed by atoms with Crippen molar-refractivity contribution in [3.63, 3.8) is 0 Å². The summed E-state index contributed by atoms with van der Waals surface area (Å²) in [6.45, 7) is 7.60. The van der Waals surface area contributed by atoms with Crippen molar-refractivity contribution in [1.29, 1.82) is 5.26 Å². The van der Waals surface area contributed by atoms with Crippen LogP contribution in [0.3, 0.4) is 0 Å². The highest BCUT2D eigenvalue weighted by Gasteiger charge is 2.16. The zero-order valence-corrected chi connectivity index (χ0v) is 12.2. The zero-order chi connectivity index (χ0) is 15.0. The Hall–Kier alpha value is -2.28. The smallest absolute Gasteiger partial charge is 0.354 e. The number of hydrogen-bond donors (Lipinski definition) is 0. The topological polar surface area (TPSA) is 53.3 Å². The lowest BCUT2D eigenvalue weighted by Crippen LogP contribution is -2.28. The molecule has 0 N–H and O–H groups in total. The molecule has 20 heavy (non-hydrogen) atoms. The number of rotatable bonds is 6. The normalized spacial score (nSPS) is 10.8. The van der Waals surface area contributed by atoms with Crippen molar-refractivity contribution < 1.29 is 9.53 Å². The Morgan fingerprint density at radius 1 is 1.25 bits per heavy atom. The van der Waals surface area contributed by atoms with Gasteiger partial charge in [0.1, 0.15) is 5.70 Å². The minimum Gasteiger partial charge on any atom is -0.461 e. The van der Waals surface area contributed by atoms with Crippen LogP contribution in [0.25, 0.3) is 6.08 Å². The number of carbonyl (C=O) groups is 1. The van der Waals surface area contributed by atoms with E-state index < -0.39 is 0 Å². The summed E-state index contributed by atoms with van der Waals surface area (Å²) in [4.78, 5) is 14.0. The molecule has 0 atom stereocenters. The van der Waals surface area contributed by atoms with Crippen molar-refractivity contribution in [2.45, 2.75) is 20.8 Å². The highest BCUT2D eigenvalue weighted by atomic mass is 16.5. The first-order valence-corrected chi connectivity index (χ1v) is 6.80. The summed E-state index contributed by atoms with van der Waals surface area (Å²) >= 11 is 0. The molecule has 0 fully saturated rings. The van der Waals surface area contributed by atoms with Gasteiger partial charge in [-0.05, 0) is 44.5 Å². The second kappa shape index (κ2) is 8.00. The first-order chi connectivity index (χ1) is 9.65. The van der Waals surface area contributed by atoms with Crippen LogP contribution in [0, 0.1) is 11.3 Å². The number of nitriles is 1. The average Bonchev–Trinajstić information content (AvgIpc) is 2.48. The van der Waals surface area contributed by atoms with E-state index in [1.165, 1.54) is 0 Å². The predicted octanol–water partition coefficient (Wildman–Crippen LogP) is 2.80. The van der Waals surface area contributed by atoms with E-state index in [0.29, 0.717) is 17.9 Å². The lowest BCUT2D eigenvalue weighted by molar-refractivity contribution is -0.140. The van der Waals surface area contributed by atoms with Gasteiger partial charge in [0.2, 0.25) is 0 Å². The quantitative estimate of drug-likeness (QED) is 0.590. The van der Waals surface area contributed by atoms with E-state index in [2.05, 4.69) is 6.07 Å². The van der Waals surface area contributed by atoms with Crippen LogP contribution in [0.1, 0.15) is 31.9 Å². The van der Waals surface area contributed by atoms with Crippen LogP contribution in [0.5, 0.6) is 0 Å². The second-order valence-electron chi connectivity index (χ2n) is 4.16. The molecule has 1 rings (SSSR count). The maximum atomic E-state index is 12.0. The number of carbonyl (C=O) groups excluding carboxylic acids is 1. The van der Waals surface area contributed by atoms with E-state index in [1.54, 1.807) is 25.1 Å². The zero-order valence-electron chi connectivity index (χ0n) is 12.2. The summed E-state index contributed by atoms with van der Waals surface area (Å²) < 4.78 is 5.10. The summed E-state index contributed by atoms with van der Waals surface area (Å²) in [6.07, 6.45) is 1.80. The van der Waals surface area contributed by atoms with E-state index in [1.807, 2.05) is 30.9 Å². The monoisotopic (exact) mass is 272 g/mol. The van der Waals surface area contributed by atoms with Gasteiger partial charge >= 0.3 is 5.97 Å². The van der Waals surface area contributed by atoms with Gasteiger partial charge < -0.3 is 9.64 Å². The first kappa shape index (κ1) is 15.8. The van der Waals surface area contributed by atoms with E-state index in [0.717, 1.165) is 18.7 Å². The van der Waals surface area contributed by atoms with Gasteiger partial charge in [-0.1, -0.05) is 12.1 Å². The third kappa shape index (κ3) is 4.13. The molecule has 1 aromatic rings. The Morgan fingerprint density at radius 2 is 1.85 bits per heavy atom. The van der Waals surface area contributed by atoms with Gasteiger partial charge in [-0.2, -0.15) is 5.26 Å². The molecule has 0 saturated carbocycles. The van der Waals surface area contributed by atoms with Crippen LogP contribution in [0.15, 0.2) is 30.0 Å². The Kier molecular flexibility index (Phi) is 6.31. The standard InChI is InChI=1S/C16H20N2O2/c1-4-18(5-2)15(16(19)20-6-3)11-13-7-9-14(12-17)10-8-13/h7-11H,4-6H2,1-3H3. The fourth-order valence-corrected chi connectivity index (χ4v) is 1.86. The van der Waals surface area contributed by atoms with Gasteiger partial charge in [-0.3, -0.25) is 0 Å². The van der Waals surface area contributed by atoms with Gasteiger partial charge in [0.05, 0.1) is 18.2 Å². The lowest BCUT2D eigenvalue weighted by atomic mass is 10.1. The molecule has 106 valence electrons. The lowest BCUT2D eigenvalue weighted by Gasteiger charge is -2.22. The molecule has 4 nitrogen and oxygen atoms in total. The highest BCUT2D eigenvalue weighted by molar-refractivity contribution is 5.93. The highest BCUT2D eigenvalue weighted by Crippen LogP contribution is 2.13. The molecule has 0 heterocycles. The Bertz CT molecular complexity index is 508. The van der Waals surface area contributed by atoms with Crippen molar-refractivity contribution in [1.82, 2.24) is 4.90 Å². The summed E-state index contributed by atoms with van der Waals surface area (Å²) in [5.41, 5.74) is 2.02. The molecule has 0 saturated heterocycles. The molecular weight excluding hydrogens is 252 g/mol. The summed E-state index contributed by atoms with van der Waals surface area (Å²) in [5, 5.41) is 8.79. The summed E-state index contributed by atoms with van der Waals surface area (Å²) in [7, 11) is 0. The fourth-order valence-electron chi connectivity index (χ4n) is 1.86. The fraction of sp³-hybridized carbons (Fsp3) is 0.375. The van der Waals surface area contributed by atoms with E-state index >= 15 is 0 Å². The molecule has 0 spiro atoms. The van der Waals surface area contributed by atoms with Crippen molar-refractivity contribution in [2.24, 2.45) is 0 Å². The predicted molar refractivity (Wildman–Crippen MR) is 78.7 cm³/mol. The molecule has 4 heteroatoms. The molecule has 0 aliphatic heterocycles. The van der Waals surface area contributed by atoms with Gasteiger partial charge in [-0.15, -0.1) is 0 Å². The molecule has 0 amide bonds. The Labute approximate surface area is 120 Å². The van der Waals surface area contributed by atoms with Crippen LogP contribution >= 0.6 is 0 Å². The van der Waals surface area contributed by atoms with Crippen LogP contribution in [-0.2, 0) is 9.53 Å². The number of ether oxygens (including phenoxy) is 1. The number of nitrogens with zero attached hydrogens (tertiary/aromatic N) is 2. The average molecular weight is 272 g/mol. The summed E-state index contributed by atoms with van der Waals surface area (Å²) in [6, 6.07) is 9.18. The van der Waals surface area contributed by atoms with Crippen molar-refractivity contribution in [3.05, 3.63) is 41.1 Å². The van der Waals surface area contributed by atoms with Crippen LogP contribution < -0.4 is 0 Å². The van der Waals surface area contributed by atoms with Crippen molar-refractivity contribution in [3.8, 4) is 6.07 Å². The summed E-state index contributed by atoms with van der Waals surface area (Å²) in [5.74, 6) is -0.319.